The molecule has 0 radical (unpaired) electrons. The van der Waals surface area contributed by atoms with Crippen LogP contribution in [0.4, 0.5) is 0 Å². The Kier molecular flexibility index (Phi) is 7.17. The van der Waals surface area contributed by atoms with E-state index in [4.69, 9.17) is 9.84 Å². The molecule has 0 unspecified atom stereocenters. The van der Waals surface area contributed by atoms with Crippen molar-refractivity contribution < 1.29 is 9.53 Å². The minimum absolute atomic E-state index is 0.149. The minimum atomic E-state index is -0.385. The van der Waals surface area contributed by atoms with Gasteiger partial charge in [-0.2, -0.15) is 10.2 Å². The van der Waals surface area contributed by atoms with Crippen molar-refractivity contribution in [1.29, 1.82) is 0 Å². The van der Waals surface area contributed by atoms with E-state index < -0.39 is 0 Å². The fourth-order valence-electron chi connectivity index (χ4n) is 3.85. The van der Waals surface area contributed by atoms with Crippen LogP contribution in [0.5, 0.6) is 5.75 Å². The number of carbonyl (C=O) groups is 1. The van der Waals surface area contributed by atoms with Gasteiger partial charge in [0.15, 0.2) is 0 Å². The maximum Gasteiger partial charge on any atom is 0.271 e. The Morgan fingerprint density at radius 1 is 0.811 bits per heavy atom. The normalized spacial score (nSPS) is 10.7. The van der Waals surface area contributed by atoms with Crippen molar-refractivity contribution in [2.45, 2.75) is 13.1 Å². The van der Waals surface area contributed by atoms with E-state index in [1.165, 1.54) is 16.8 Å². The van der Waals surface area contributed by atoms with Gasteiger partial charge in [-0.15, -0.1) is 0 Å². The van der Waals surface area contributed by atoms with Crippen LogP contribution < -0.4 is 15.6 Å². The molecule has 8 heteroatoms. The van der Waals surface area contributed by atoms with Crippen LogP contribution in [0.1, 0.15) is 16.1 Å². The van der Waals surface area contributed by atoms with Crippen LogP contribution >= 0.6 is 0 Å². The number of benzene rings is 3. The molecule has 0 atom stereocenters. The number of ether oxygens (including phenoxy) is 1. The number of carbonyl (C=O) groups excluding carboxylic acids is 1. The first-order valence-electron chi connectivity index (χ1n) is 11.9. The van der Waals surface area contributed by atoms with Crippen molar-refractivity contribution in [1.82, 2.24) is 24.9 Å². The molecule has 0 saturated heterocycles. The third kappa shape index (κ3) is 5.82. The number of hydrogen-bond donors (Lipinski definition) is 1. The van der Waals surface area contributed by atoms with Crippen LogP contribution in [0.3, 0.4) is 0 Å². The summed E-state index contributed by atoms with van der Waals surface area (Å²) in [4.78, 5) is 25.2. The molecule has 0 fully saturated rings. The van der Waals surface area contributed by atoms with Crippen molar-refractivity contribution in [3.63, 3.8) is 0 Å². The average Bonchev–Trinajstić information content (AvgIpc) is 3.39. The summed E-state index contributed by atoms with van der Waals surface area (Å²) in [7, 11) is 0. The lowest BCUT2D eigenvalue weighted by atomic mass is 10.1. The fourth-order valence-corrected chi connectivity index (χ4v) is 3.85. The summed E-state index contributed by atoms with van der Waals surface area (Å²) < 4.78 is 8.69. The Bertz CT molecular complexity index is 1530. The second kappa shape index (κ2) is 11.2. The monoisotopic (exact) mass is 491 g/mol. The number of para-hydroxylation sites is 2. The van der Waals surface area contributed by atoms with Crippen LogP contribution in [0, 0.1) is 0 Å². The molecule has 1 amide bonds. The van der Waals surface area contributed by atoms with Crippen LogP contribution in [-0.4, -0.2) is 32.1 Å². The maximum atomic E-state index is 13.0. The molecule has 2 heterocycles. The number of amides is 1. The molecule has 2 aromatic heterocycles. The van der Waals surface area contributed by atoms with E-state index in [0.29, 0.717) is 5.75 Å². The Labute approximate surface area is 213 Å². The smallest absolute Gasteiger partial charge is 0.271 e. The lowest BCUT2D eigenvalue weighted by Gasteiger charge is -2.09. The highest BCUT2D eigenvalue weighted by molar-refractivity contribution is 5.92. The zero-order valence-corrected chi connectivity index (χ0v) is 20.0. The summed E-state index contributed by atoms with van der Waals surface area (Å²) in [5.74, 6) is 0.318. The lowest BCUT2D eigenvalue weighted by molar-refractivity contribution is 0.0943. The second-order valence-electron chi connectivity index (χ2n) is 8.27. The van der Waals surface area contributed by atoms with Gasteiger partial charge >= 0.3 is 0 Å². The van der Waals surface area contributed by atoms with E-state index in [1.54, 1.807) is 4.68 Å². The van der Waals surface area contributed by atoms with E-state index in [1.807, 2.05) is 97.2 Å². The van der Waals surface area contributed by atoms with Gasteiger partial charge < -0.3 is 10.1 Å². The highest BCUT2D eigenvalue weighted by Crippen LogP contribution is 2.23. The molecule has 5 rings (SSSR count). The summed E-state index contributed by atoms with van der Waals surface area (Å²) in [5, 5.41) is 11.9. The lowest BCUT2D eigenvalue weighted by Crippen LogP contribution is -2.30. The van der Waals surface area contributed by atoms with Crippen molar-refractivity contribution in [2.75, 3.05) is 6.61 Å². The van der Waals surface area contributed by atoms with Gasteiger partial charge in [-0.05, 0) is 30.3 Å². The van der Waals surface area contributed by atoms with Crippen LogP contribution in [0.25, 0.3) is 16.9 Å². The van der Waals surface area contributed by atoms with E-state index in [0.717, 1.165) is 22.5 Å². The quantitative estimate of drug-likeness (QED) is 0.335. The molecule has 8 nitrogen and oxygen atoms in total. The molecule has 3 aromatic carbocycles. The van der Waals surface area contributed by atoms with E-state index in [2.05, 4.69) is 10.4 Å². The van der Waals surface area contributed by atoms with E-state index in [9.17, 15) is 9.59 Å². The van der Waals surface area contributed by atoms with Gasteiger partial charge in [0.2, 0.25) is 0 Å². The highest BCUT2D eigenvalue weighted by Gasteiger charge is 2.15. The number of hydrogen-bond acceptors (Lipinski definition) is 5. The van der Waals surface area contributed by atoms with E-state index in [-0.39, 0.29) is 36.9 Å². The summed E-state index contributed by atoms with van der Waals surface area (Å²) in [6.07, 6.45) is 1.91. The third-order valence-corrected chi connectivity index (χ3v) is 5.71. The minimum Gasteiger partial charge on any atom is -0.492 e. The number of nitrogens with zero attached hydrogens (tertiary/aromatic N) is 4. The van der Waals surface area contributed by atoms with Gasteiger partial charge in [0, 0.05) is 29.9 Å². The van der Waals surface area contributed by atoms with Gasteiger partial charge in [0.05, 0.1) is 17.9 Å². The summed E-state index contributed by atoms with van der Waals surface area (Å²) in [5.41, 5.74) is 3.35. The third-order valence-electron chi connectivity index (χ3n) is 5.71. The zero-order valence-electron chi connectivity index (χ0n) is 20.0. The number of rotatable bonds is 9. The highest BCUT2D eigenvalue weighted by atomic mass is 16.5. The van der Waals surface area contributed by atoms with Crippen molar-refractivity contribution in [2.24, 2.45) is 0 Å². The molecule has 0 aliphatic heterocycles. The molecule has 0 spiro atoms. The Morgan fingerprint density at radius 2 is 1.49 bits per heavy atom. The summed E-state index contributed by atoms with van der Waals surface area (Å²) >= 11 is 0. The predicted octanol–water partition coefficient (Wildman–Crippen LogP) is 4.11. The first kappa shape index (κ1) is 23.7. The first-order chi connectivity index (χ1) is 18.2. The van der Waals surface area contributed by atoms with Crippen LogP contribution in [0.15, 0.2) is 114 Å². The van der Waals surface area contributed by atoms with Gasteiger partial charge in [-0.3, -0.25) is 9.59 Å². The predicted molar refractivity (Wildman–Crippen MR) is 141 cm³/mol. The van der Waals surface area contributed by atoms with Crippen LogP contribution in [-0.2, 0) is 13.1 Å². The molecule has 37 heavy (non-hydrogen) atoms. The molecule has 5 aromatic rings. The van der Waals surface area contributed by atoms with Crippen molar-refractivity contribution in [3.8, 4) is 22.7 Å². The van der Waals surface area contributed by atoms with Gasteiger partial charge in [-0.1, -0.05) is 66.7 Å². The molecular formula is C29H25N5O3. The Hall–Kier alpha value is -4.98. The Balaban J connectivity index is 1.30. The molecule has 0 saturated carbocycles. The SMILES string of the molecule is O=C(NCc1cn(-c2ccccc2)nc1-c1ccccc1)c1ccc(=O)n(CCOc2ccccc2)n1. The van der Waals surface area contributed by atoms with Gasteiger partial charge in [0.1, 0.15) is 18.1 Å². The summed E-state index contributed by atoms with van der Waals surface area (Å²) in [6, 6.07) is 31.7. The molecule has 184 valence electrons. The summed E-state index contributed by atoms with van der Waals surface area (Å²) in [6.45, 7) is 0.714. The number of nitrogens with one attached hydrogen (secondary N) is 1. The van der Waals surface area contributed by atoms with Crippen molar-refractivity contribution in [3.05, 3.63) is 131 Å². The van der Waals surface area contributed by atoms with Gasteiger partial charge in [-0.25, -0.2) is 9.36 Å². The molecule has 0 aliphatic rings. The fraction of sp³-hybridized carbons (Fsp3) is 0.103. The molecular weight excluding hydrogens is 466 g/mol. The van der Waals surface area contributed by atoms with Crippen molar-refractivity contribution >= 4 is 5.91 Å². The standard InChI is InChI=1S/C29H25N5O3/c35-27-17-16-26(31-33(27)18-19-37-25-14-8-3-9-15-25)29(36)30-20-23-21-34(24-12-6-2-7-13-24)32-28(23)22-10-4-1-5-11-22/h1-17,21H,18-20H2,(H,30,36). The topological polar surface area (TPSA) is 91.0 Å². The molecule has 1 N–H and O–H groups in total. The van der Waals surface area contributed by atoms with E-state index >= 15 is 0 Å². The first-order valence-corrected chi connectivity index (χ1v) is 11.9. The molecule has 0 aliphatic carbocycles. The maximum absolute atomic E-state index is 13.0. The second-order valence-corrected chi connectivity index (χ2v) is 8.27. The largest absolute Gasteiger partial charge is 0.492 e. The average molecular weight is 492 g/mol. The Morgan fingerprint density at radius 3 is 2.22 bits per heavy atom. The molecule has 0 bridgehead atoms. The van der Waals surface area contributed by atoms with Gasteiger partial charge in [0.25, 0.3) is 11.5 Å². The number of aromatic nitrogens is 4. The van der Waals surface area contributed by atoms with Crippen LogP contribution in [0.2, 0.25) is 0 Å². The zero-order chi connectivity index (χ0) is 25.5.